The fourth-order valence-electron chi connectivity index (χ4n) is 17.2. The van der Waals surface area contributed by atoms with Crippen LogP contribution in [0.15, 0.2) is 324 Å². The molecule has 0 saturated heterocycles. The van der Waals surface area contributed by atoms with Crippen molar-refractivity contribution >= 4 is 86.6 Å². The van der Waals surface area contributed by atoms with Crippen molar-refractivity contribution in [2.75, 3.05) is 0 Å². The van der Waals surface area contributed by atoms with Crippen LogP contribution in [0.1, 0.15) is 49.9 Å². The summed E-state index contributed by atoms with van der Waals surface area (Å²) in [5.41, 5.74) is 24.2. The van der Waals surface area contributed by atoms with E-state index < -0.39 is 0 Å². The highest BCUT2D eigenvalue weighted by atomic mass is 16.3. The summed E-state index contributed by atoms with van der Waals surface area (Å²) in [5, 5.41) is 17.6. The summed E-state index contributed by atoms with van der Waals surface area (Å²) in [6.07, 6.45) is 0. The fraction of sp³-hybridized carbons (Fsp3) is 0.0638. The van der Waals surface area contributed by atoms with Gasteiger partial charge in [0.2, 0.25) is 0 Å². The molecule has 0 spiro atoms. The van der Waals surface area contributed by atoms with Crippen molar-refractivity contribution in [3.8, 4) is 89.4 Å². The second-order valence-corrected chi connectivity index (χ2v) is 27.2. The number of hydrogen-bond donors (Lipinski definition) is 0. The van der Waals surface area contributed by atoms with Crippen LogP contribution in [-0.2, 0) is 10.8 Å². The highest BCUT2D eigenvalue weighted by Gasteiger charge is 2.44. The topological polar surface area (TPSA) is 26.3 Å². The number of fused-ring (bicyclic) bond motifs is 16. The van der Waals surface area contributed by atoms with Crippen LogP contribution in [0, 0.1) is 0 Å². The quantitative estimate of drug-likeness (QED) is 0.155. The molecule has 16 aromatic carbocycles. The van der Waals surface area contributed by atoms with Gasteiger partial charge in [-0.25, -0.2) is 0 Å². The van der Waals surface area contributed by atoms with Gasteiger partial charge in [-0.15, -0.1) is 0 Å². The predicted molar refractivity (Wildman–Crippen MR) is 405 cm³/mol. The third kappa shape index (κ3) is 8.25. The lowest BCUT2D eigenvalue weighted by atomic mass is 9.76. The molecule has 2 heteroatoms. The molecule has 2 nitrogen and oxygen atoms in total. The van der Waals surface area contributed by atoms with Crippen molar-refractivity contribution in [3.63, 3.8) is 0 Å². The molecule has 0 amide bonds. The molecule has 0 N–H and O–H groups in total. The highest BCUT2D eigenvalue weighted by molar-refractivity contribution is 6.25. The van der Waals surface area contributed by atoms with E-state index in [0.717, 1.165) is 22.7 Å². The smallest absolute Gasteiger partial charge is 0.139 e. The van der Waals surface area contributed by atoms with E-state index in [1.165, 1.54) is 176 Å². The molecule has 452 valence electrons. The molecule has 2 aliphatic rings. The Kier molecular flexibility index (Phi) is 12.4. The monoisotopic (exact) mass is 1220 g/mol. The van der Waals surface area contributed by atoms with E-state index in [9.17, 15) is 0 Å². The lowest BCUT2D eigenvalue weighted by Gasteiger charge is -2.26. The van der Waals surface area contributed by atoms with Crippen LogP contribution < -0.4 is 0 Å². The molecule has 0 radical (unpaired) electrons. The molecule has 0 unspecified atom stereocenters. The molecule has 0 saturated carbocycles. The van der Waals surface area contributed by atoms with E-state index in [2.05, 4.69) is 343 Å². The zero-order valence-corrected chi connectivity index (χ0v) is 53.8. The van der Waals surface area contributed by atoms with Gasteiger partial charge in [-0.3, -0.25) is 0 Å². The first kappa shape index (κ1) is 55.8. The standard InChI is InChI=1S/2C47H32O/c1-47(2)44-39(22-12-23-40(44)46-45(47)38-20-9-10-24-41(38)48-46)43-36-18-7-5-16-34(36)42(35-17-6-8-19-37(35)43)31-27-25-30(26-28-31)33-21-11-14-29-13-3-4-15-32(29)33;1-47(2)44-39(23-13-24-40(44)46-45(47)38-22-11-12-25-41(38)48-46)43-36-20-9-7-18-34(36)42(35-19-8-10-21-37(35)43)33-17-6-5-16-32(33)31-27-26-29-14-3-4-15-30(29)28-31/h2*3-28H,1-2H3. The first-order chi connectivity index (χ1) is 47.2. The zero-order chi connectivity index (χ0) is 64.0. The van der Waals surface area contributed by atoms with Gasteiger partial charge in [-0.2, -0.15) is 0 Å². The van der Waals surface area contributed by atoms with Crippen molar-refractivity contribution in [1.82, 2.24) is 0 Å². The molecular weight excluding hydrogens is 1160 g/mol. The molecule has 0 fully saturated rings. The molecule has 2 heterocycles. The van der Waals surface area contributed by atoms with Crippen molar-refractivity contribution < 1.29 is 8.83 Å². The van der Waals surface area contributed by atoms with Gasteiger partial charge in [0, 0.05) is 43.9 Å². The summed E-state index contributed by atoms with van der Waals surface area (Å²) < 4.78 is 13.2. The molecule has 2 aliphatic carbocycles. The maximum absolute atomic E-state index is 6.60. The summed E-state index contributed by atoms with van der Waals surface area (Å²) in [6, 6.07) is 115. The number of benzene rings is 16. The summed E-state index contributed by atoms with van der Waals surface area (Å²) in [7, 11) is 0. The number of furan rings is 2. The van der Waals surface area contributed by atoms with E-state index in [-0.39, 0.29) is 10.8 Å². The maximum Gasteiger partial charge on any atom is 0.139 e. The highest BCUT2D eigenvalue weighted by Crippen LogP contribution is 2.60. The van der Waals surface area contributed by atoms with Gasteiger partial charge in [-0.05, 0) is 161 Å². The van der Waals surface area contributed by atoms with Crippen LogP contribution in [0.4, 0.5) is 0 Å². The van der Waals surface area contributed by atoms with Crippen LogP contribution in [0.2, 0.25) is 0 Å². The van der Waals surface area contributed by atoms with Gasteiger partial charge >= 0.3 is 0 Å². The van der Waals surface area contributed by atoms with Crippen molar-refractivity contribution in [3.05, 3.63) is 338 Å². The second kappa shape index (κ2) is 21.3. The lowest BCUT2D eigenvalue weighted by Crippen LogP contribution is -2.16. The van der Waals surface area contributed by atoms with Crippen molar-refractivity contribution in [1.29, 1.82) is 0 Å². The first-order valence-electron chi connectivity index (χ1n) is 33.6. The van der Waals surface area contributed by atoms with E-state index in [1.807, 2.05) is 0 Å². The molecule has 96 heavy (non-hydrogen) atoms. The van der Waals surface area contributed by atoms with Gasteiger partial charge < -0.3 is 8.83 Å². The molecule has 0 bridgehead atoms. The summed E-state index contributed by atoms with van der Waals surface area (Å²) in [5.74, 6) is 2.02. The van der Waals surface area contributed by atoms with Gasteiger partial charge in [-0.1, -0.05) is 325 Å². The number of rotatable bonds is 6. The summed E-state index contributed by atoms with van der Waals surface area (Å²) in [4.78, 5) is 0. The summed E-state index contributed by atoms with van der Waals surface area (Å²) >= 11 is 0. The fourth-order valence-corrected chi connectivity index (χ4v) is 17.2. The van der Waals surface area contributed by atoms with Crippen molar-refractivity contribution in [2.45, 2.75) is 38.5 Å². The first-order valence-corrected chi connectivity index (χ1v) is 33.6. The molecule has 2 aromatic heterocycles. The van der Waals surface area contributed by atoms with Crippen LogP contribution in [0.5, 0.6) is 0 Å². The Labute approximate surface area is 557 Å². The Bertz CT molecular complexity index is 6140. The van der Waals surface area contributed by atoms with E-state index in [1.54, 1.807) is 0 Å². The number of para-hydroxylation sites is 2. The SMILES string of the molecule is CC1(C)c2c(cccc2-c2c3ccccc3c(-c3ccc(-c4cccc5ccccc45)cc3)c3ccccc23)-c2oc3ccccc3c21.CC1(C)c2c(cccc2-c2c3ccccc3c(-c3ccccc3-c3ccc4ccccc4c3)c3ccccc23)-c2oc3ccccc3c21. The van der Waals surface area contributed by atoms with Crippen LogP contribution >= 0.6 is 0 Å². The van der Waals surface area contributed by atoms with Crippen LogP contribution in [0.3, 0.4) is 0 Å². The maximum atomic E-state index is 6.60. The normalized spacial score (nSPS) is 13.4. The van der Waals surface area contributed by atoms with Crippen LogP contribution in [-0.4, -0.2) is 0 Å². The van der Waals surface area contributed by atoms with E-state index in [4.69, 9.17) is 8.83 Å². The largest absolute Gasteiger partial charge is 0.456 e. The van der Waals surface area contributed by atoms with Gasteiger partial charge in [0.25, 0.3) is 0 Å². The number of hydrogen-bond acceptors (Lipinski definition) is 2. The third-order valence-corrected chi connectivity index (χ3v) is 21.2. The Morgan fingerprint density at radius 2 is 0.521 bits per heavy atom. The van der Waals surface area contributed by atoms with Crippen LogP contribution in [0.25, 0.3) is 176 Å². The van der Waals surface area contributed by atoms with Gasteiger partial charge in [0.15, 0.2) is 0 Å². The summed E-state index contributed by atoms with van der Waals surface area (Å²) in [6.45, 7) is 9.45. The van der Waals surface area contributed by atoms with Gasteiger partial charge in [0.05, 0.1) is 0 Å². The predicted octanol–water partition coefficient (Wildman–Crippen LogP) is 26.4. The van der Waals surface area contributed by atoms with Gasteiger partial charge in [0.1, 0.15) is 22.7 Å². The zero-order valence-electron chi connectivity index (χ0n) is 53.8. The minimum absolute atomic E-state index is 0.230. The molecule has 18 aromatic rings. The minimum Gasteiger partial charge on any atom is -0.456 e. The second-order valence-electron chi connectivity index (χ2n) is 27.2. The van der Waals surface area contributed by atoms with E-state index >= 15 is 0 Å². The van der Waals surface area contributed by atoms with Crippen molar-refractivity contribution in [2.24, 2.45) is 0 Å². The lowest BCUT2D eigenvalue weighted by molar-refractivity contribution is 0.619. The Morgan fingerprint density at radius 1 is 0.198 bits per heavy atom. The van der Waals surface area contributed by atoms with E-state index in [0.29, 0.717) is 0 Å². The average molecular weight is 1230 g/mol. The Balaban J connectivity index is 0.000000135. The molecule has 0 aliphatic heterocycles. The Hall–Kier alpha value is -11.8. The molecule has 0 atom stereocenters. The average Bonchev–Trinajstić information content (AvgIpc) is 1.52. The minimum atomic E-state index is -0.239. The third-order valence-electron chi connectivity index (χ3n) is 21.2. The molecule has 20 rings (SSSR count). The molecular formula is C94H64O2. The Morgan fingerprint density at radius 3 is 1.02 bits per heavy atom.